The van der Waals surface area contributed by atoms with Gasteiger partial charge in [-0.05, 0) is 43.4 Å². The summed E-state index contributed by atoms with van der Waals surface area (Å²) in [6, 6.07) is 4.57. The number of nitrogens with one attached hydrogen (secondary N) is 1. The molecule has 1 aliphatic rings. The SMILES string of the molecule is COC(=O)c1c(Nc2ccc(C(F)(F)F)cc2)nc(SC)nc1SC1CCCCC1. The lowest BCUT2D eigenvalue weighted by atomic mass is 10.0. The first-order valence-corrected chi connectivity index (χ1v) is 11.6. The maximum absolute atomic E-state index is 12.8. The first-order valence-electron chi connectivity index (χ1n) is 9.47. The van der Waals surface area contributed by atoms with E-state index in [2.05, 4.69) is 15.3 Å². The minimum atomic E-state index is -4.42. The molecule has 1 saturated carbocycles. The number of anilines is 2. The summed E-state index contributed by atoms with van der Waals surface area (Å²) in [6.45, 7) is 0. The van der Waals surface area contributed by atoms with Crippen LogP contribution in [0.25, 0.3) is 0 Å². The Hall–Kier alpha value is -1.94. The molecule has 10 heteroatoms. The molecule has 1 heterocycles. The zero-order chi connectivity index (χ0) is 21.7. The summed E-state index contributed by atoms with van der Waals surface area (Å²) in [5.41, 5.74) is -0.166. The highest BCUT2D eigenvalue weighted by atomic mass is 32.2. The van der Waals surface area contributed by atoms with E-state index in [1.807, 2.05) is 6.26 Å². The van der Waals surface area contributed by atoms with Crippen LogP contribution in [0, 0.1) is 0 Å². The zero-order valence-corrected chi connectivity index (χ0v) is 18.2. The number of carbonyl (C=O) groups excluding carboxylic acids is 1. The predicted molar refractivity (Wildman–Crippen MR) is 113 cm³/mol. The smallest absolute Gasteiger partial charge is 0.416 e. The summed E-state index contributed by atoms with van der Waals surface area (Å²) in [5.74, 6) is -0.366. The first-order chi connectivity index (χ1) is 14.3. The number of rotatable bonds is 6. The van der Waals surface area contributed by atoms with E-state index in [0.29, 0.717) is 21.1 Å². The third-order valence-corrected chi connectivity index (χ3v) is 6.60. The quantitative estimate of drug-likeness (QED) is 0.241. The van der Waals surface area contributed by atoms with Crippen molar-refractivity contribution in [2.75, 3.05) is 18.7 Å². The largest absolute Gasteiger partial charge is 0.465 e. The summed E-state index contributed by atoms with van der Waals surface area (Å²) in [6.07, 6.45) is 2.99. The Morgan fingerprint density at radius 3 is 2.37 bits per heavy atom. The van der Waals surface area contributed by atoms with Crippen LogP contribution in [0.1, 0.15) is 48.0 Å². The van der Waals surface area contributed by atoms with Crippen LogP contribution in [-0.4, -0.2) is 34.6 Å². The van der Waals surface area contributed by atoms with Gasteiger partial charge in [-0.2, -0.15) is 13.2 Å². The Labute approximate surface area is 181 Å². The molecule has 1 aromatic carbocycles. The number of thioether (sulfide) groups is 2. The molecule has 0 radical (unpaired) electrons. The Morgan fingerprint density at radius 2 is 1.80 bits per heavy atom. The molecule has 0 saturated heterocycles. The number of benzene rings is 1. The van der Waals surface area contributed by atoms with E-state index in [1.54, 1.807) is 11.8 Å². The van der Waals surface area contributed by atoms with Gasteiger partial charge in [-0.3, -0.25) is 0 Å². The molecule has 162 valence electrons. The van der Waals surface area contributed by atoms with Crippen LogP contribution < -0.4 is 5.32 Å². The van der Waals surface area contributed by atoms with Gasteiger partial charge in [0.1, 0.15) is 10.6 Å². The average molecular weight is 458 g/mol. The fourth-order valence-electron chi connectivity index (χ4n) is 3.19. The van der Waals surface area contributed by atoms with Crippen molar-refractivity contribution in [3.8, 4) is 0 Å². The summed E-state index contributed by atoms with van der Waals surface area (Å²) in [7, 11) is 1.28. The maximum Gasteiger partial charge on any atom is 0.416 e. The van der Waals surface area contributed by atoms with Crippen molar-refractivity contribution in [2.24, 2.45) is 0 Å². The topological polar surface area (TPSA) is 64.1 Å². The second-order valence-electron chi connectivity index (χ2n) is 6.81. The van der Waals surface area contributed by atoms with Crippen LogP contribution in [0.15, 0.2) is 34.4 Å². The Bertz CT molecular complexity index is 886. The zero-order valence-electron chi connectivity index (χ0n) is 16.6. The van der Waals surface area contributed by atoms with Crippen molar-refractivity contribution in [1.82, 2.24) is 9.97 Å². The fraction of sp³-hybridized carbons (Fsp3) is 0.450. The first kappa shape index (κ1) is 22.7. The van der Waals surface area contributed by atoms with Crippen LogP contribution in [0.2, 0.25) is 0 Å². The maximum atomic E-state index is 12.8. The van der Waals surface area contributed by atoms with Gasteiger partial charge in [-0.15, -0.1) is 11.8 Å². The molecule has 0 aliphatic heterocycles. The van der Waals surface area contributed by atoms with Crippen molar-refractivity contribution in [2.45, 2.75) is 53.7 Å². The van der Waals surface area contributed by atoms with Gasteiger partial charge < -0.3 is 10.1 Å². The van der Waals surface area contributed by atoms with E-state index in [-0.39, 0.29) is 11.4 Å². The molecule has 2 aromatic rings. The standard InChI is InChI=1S/C20H22F3N3O2S2/c1-28-18(27)15-16(24-13-10-8-12(9-11-13)20(21,22)23)25-19(29-2)26-17(15)30-14-6-4-3-5-7-14/h8-11,14H,3-7H2,1-2H3,(H,24,25,26). The van der Waals surface area contributed by atoms with Gasteiger partial charge in [-0.25, -0.2) is 14.8 Å². The van der Waals surface area contributed by atoms with Crippen LogP contribution in [-0.2, 0) is 10.9 Å². The highest BCUT2D eigenvalue weighted by Gasteiger charge is 2.30. The molecular formula is C20H22F3N3O2S2. The van der Waals surface area contributed by atoms with Crippen LogP contribution in [0.5, 0.6) is 0 Å². The van der Waals surface area contributed by atoms with Gasteiger partial charge in [0.15, 0.2) is 11.0 Å². The van der Waals surface area contributed by atoms with Gasteiger partial charge >= 0.3 is 12.1 Å². The molecule has 5 nitrogen and oxygen atoms in total. The highest BCUT2D eigenvalue weighted by molar-refractivity contribution is 8.00. The molecule has 1 aliphatic carbocycles. The Kier molecular flexibility index (Phi) is 7.51. The predicted octanol–water partition coefficient (Wildman–Crippen LogP) is 6.17. The molecule has 3 rings (SSSR count). The third-order valence-electron chi connectivity index (χ3n) is 4.73. The van der Waals surface area contributed by atoms with Crippen molar-refractivity contribution >= 4 is 41.0 Å². The van der Waals surface area contributed by atoms with Crippen molar-refractivity contribution in [3.05, 3.63) is 35.4 Å². The lowest BCUT2D eigenvalue weighted by molar-refractivity contribution is -0.137. The summed E-state index contributed by atoms with van der Waals surface area (Å²) >= 11 is 2.87. The van der Waals surface area contributed by atoms with Crippen LogP contribution >= 0.6 is 23.5 Å². The molecular weight excluding hydrogens is 435 g/mol. The van der Waals surface area contributed by atoms with Gasteiger partial charge in [0, 0.05) is 10.9 Å². The molecule has 0 bridgehead atoms. The van der Waals surface area contributed by atoms with E-state index in [0.717, 1.165) is 37.8 Å². The third kappa shape index (κ3) is 5.60. The molecule has 0 spiro atoms. The van der Waals surface area contributed by atoms with Crippen LogP contribution in [0.4, 0.5) is 24.7 Å². The summed E-state index contributed by atoms with van der Waals surface area (Å²) < 4.78 is 43.4. The van der Waals surface area contributed by atoms with E-state index in [4.69, 9.17) is 4.74 Å². The Balaban J connectivity index is 1.97. The number of ether oxygens (including phenoxy) is 1. The number of halogens is 3. The summed E-state index contributed by atoms with van der Waals surface area (Å²) in [4.78, 5) is 21.5. The molecule has 0 unspecified atom stereocenters. The molecule has 1 aromatic heterocycles. The van der Waals surface area contributed by atoms with Gasteiger partial charge in [0.2, 0.25) is 0 Å². The van der Waals surface area contributed by atoms with Crippen molar-refractivity contribution < 1.29 is 22.7 Å². The minimum Gasteiger partial charge on any atom is -0.465 e. The second kappa shape index (κ2) is 9.91. The molecule has 1 fully saturated rings. The van der Waals surface area contributed by atoms with E-state index in [1.165, 1.54) is 37.4 Å². The van der Waals surface area contributed by atoms with Gasteiger partial charge in [0.05, 0.1) is 12.7 Å². The normalized spacial score (nSPS) is 15.1. The molecule has 0 amide bonds. The Morgan fingerprint density at radius 1 is 1.13 bits per heavy atom. The lowest BCUT2D eigenvalue weighted by Crippen LogP contribution is -2.14. The number of esters is 1. The molecule has 30 heavy (non-hydrogen) atoms. The number of carbonyl (C=O) groups is 1. The number of hydrogen-bond donors (Lipinski definition) is 1. The van der Waals surface area contributed by atoms with Gasteiger partial charge in [-0.1, -0.05) is 31.0 Å². The fourth-order valence-corrected chi connectivity index (χ4v) is 4.94. The van der Waals surface area contributed by atoms with E-state index in [9.17, 15) is 18.0 Å². The van der Waals surface area contributed by atoms with Crippen molar-refractivity contribution in [1.29, 1.82) is 0 Å². The van der Waals surface area contributed by atoms with E-state index < -0.39 is 17.7 Å². The number of methoxy groups -OCH3 is 1. The lowest BCUT2D eigenvalue weighted by Gasteiger charge is -2.22. The summed E-state index contributed by atoms with van der Waals surface area (Å²) in [5, 5.41) is 4.32. The number of hydrogen-bond acceptors (Lipinski definition) is 7. The second-order valence-corrected chi connectivity index (χ2v) is 8.87. The van der Waals surface area contributed by atoms with Crippen LogP contribution in [0.3, 0.4) is 0 Å². The minimum absolute atomic E-state index is 0.200. The van der Waals surface area contributed by atoms with Gasteiger partial charge in [0.25, 0.3) is 0 Å². The van der Waals surface area contributed by atoms with Crippen molar-refractivity contribution in [3.63, 3.8) is 0 Å². The van der Waals surface area contributed by atoms with E-state index >= 15 is 0 Å². The highest BCUT2D eigenvalue weighted by Crippen LogP contribution is 2.38. The average Bonchev–Trinajstić information content (AvgIpc) is 2.73. The molecule has 1 N–H and O–H groups in total. The molecule has 0 atom stereocenters. The number of aromatic nitrogens is 2. The number of alkyl halides is 3. The number of nitrogens with zero attached hydrogens (tertiary/aromatic N) is 2. The monoisotopic (exact) mass is 457 g/mol.